The number of hydrogen-bond donors (Lipinski definition) is 1. The van der Waals surface area contributed by atoms with E-state index in [0.717, 1.165) is 4.57 Å². The van der Waals surface area contributed by atoms with Crippen LogP contribution in [0.1, 0.15) is 0 Å². The van der Waals surface area contributed by atoms with Crippen molar-refractivity contribution in [1.29, 1.82) is 0 Å². The molecule has 1 aromatic carbocycles. The first kappa shape index (κ1) is 15.4. The number of nitrogens with zero attached hydrogens (tertiary/aromatic N) is 4. The number of aromatic nitrogens is 4. The number of aliphatic hydroxyl groups is 1. The van der Waals surface area contributed by atoms with Crippen LogP contribution < -0.4 is 10.5 Å². The van der Waals surface area contributed by atoms with Crippen LogP contribution in [0.2, 0.25) is 0 Å². The van der Waals surface area contributed by atoms with Gasteiger partial charge in [0.25, 0.3) is 5.88 Å². The Bertz CT molecular complexity index is 890. The van der Waals surface area contributed by atoms with Crippen molar-refractivity contribution in [2.24, 2.45) is 0 Å². The molecule has 9 nitrogen and oxygen atoms in total. The lowest BCUT2D eigenvalue weighted by atomic mass is 10.3. The second kappa shape index (κ2) is 6.30. The summed E-state index contributed by atoms with van der Waals surface area (Å²) in [5.41, 5.74) is 0.292. The summed E-state index contributed by atoms with van der Waals surface area (Å²) in [6.07, 6.45) is 0. The monoisotopic (exact) mass is 386 g/mol. The lowest BCUT2D eigenvalue weighted by Gasteiger charge is -2.04. The maximum absolute atomic E-state index is 13.4. The zero-order chi connectivity index (χ0) is 16.4. The Hall–Kier alpha value is -2.53. The smallest absolute Gasteiger partial charge is 0.446 e. The van der Waals surface area contributed by atoms with Gasteiger partial charge in [0.2, 0.25) is 11.5 Å². The Morgan fingerprint density at radius 2 is 2.17 bits per heavy atom. The van der Waals surface area contributed by atoms with E-state index in [0.29, 0.717) is 0 Å². The quantitative estimate of drug-likeness (QED) is 0.693. The van der Waals surface area contributed by atoms with Crippen molar-refractivity contribution in [1.82, 2.24) is 20.0 Å². The second-order valence-electron chi connectivity index (χ2n) is 4.20. The summed E-state index contributed by atoms with van der Waals surface area (Å²) in [7, 11) is 0. The molecule has 0 spiro atoms. The average molecular weight is 387 g/mol. The minimum atomic E-state index is -0.811. The summed E-state index contributed by atoms with van der Waals surface area (Å²) < 4.78 is 28.9. The van der Waals surface area contributed by atoms with E-state index >= 15 is 0 Å². The Morgan fingerprint density at radius 3 is 2.91 bits per heavy atom. The van der Waals surface area contributed by atoms with Crippen molar-refractivity contribution in [2.45, 2.75) is 0 Å². The summed E-state index contributed by atoms with van der Waals surface area (Å²) in [6, 6.07) is 3.91. The number of hydrogen-bond acceptors (Lipinski definition) is 8. The van der Waals surface area contributed by atoms with Crippen LogP contribution >= 0.6 is 15.9 Å². The van der Waals surface area contributed by atoms with Crippen LogP contribution in [-0.4, -0.2) is 38.4 Å². The summed E-state index contributed by atoms with van der Waals surface area (Å²) >= 11 is 3.04. The van der Waals surface area contributed by atoms with Gasteiger partial charge in [-0.1, -0.05) is 5.16 Å². The SMILES string of the molecule is O=c1onc(-c2nonc2OCCO)n1-c1ccc(F)c(Br)c1. The van der Waals surface area contributed by atoms with E-state index in [1.807, 2.05) is 0 Å². The molecule has 0 saturated carbocycles. The average Bonchev–Trinajstić information content (AvgIpc) is 3.14. The first-order valence-corrected chi connectivity index (χ1v) is 7.02. The van der Waals surface area contributed by atoms with Gasteiger partial charge in [-0.15, -0.1) is 0 Å². The van der Waals surface area contributed by atoms with Crippen molar-refractivity contribution < 1.29 is 23.4 Å². The van der Waals surface area contributed by atoms with Crippen LogP contribution in [0.25, 0.3) is 17.2 Å². The molecule has 0 aliphatic rings. The van der Waals surface area contributed by atoms with Gasteiger partial charge in [-0.05, 0) is 44.4 Å². The molecule has 2 heterocycles. The zero-order valence-electron chi connectivity index (χ0n) is 11.3. The molecule has 0 aliphatic carbocycles. The molecule has 0 amide bonds. The largest absolute Gasteiger partial charge is 0.471 e. The molecule has 0 bridgehead atoms. The number of halogens is 2. The molecule has 11 heteroatoms. The standard InChI is InChI=1S/C12H8BrFN4O5/c13-7-5-6(1-2-8(7)14)18-10(16-22-12(18)20)9-11(17-23-15-9)21-4-3-19/h1-2,5,19H,3-4H2. The van der Waals surface area contributed by atoms with E-state index in [4.69, 9.17) is 9.84 Å². The summed E-state index contributed by atoms with van der Waals surface area (Å²) in [4.78, 5) is 11.9. The van der Waals surface area contributed by atoms with Crippen LogP contribution in [-0.2, 0) is 0 Å². The predicted molar refractivity (Wildman–Crippen MR) is 75.6 cm³/mol. The lowest BCUT2D eigenvalue weighted by Crippen LogP contribution is -2.14. The Balaban J connectivity index is 2.11. The van der Waals surface area contributed by atoms with Gasteiger partial charge >= 0.3 is 5.76 Å². The molecule has 0 unspecified atom stereocenters. The maximum atomic E-state index is 13.4. The van der Waals surface area contributed by atoms with E-state index in [9.17, 15) is 9.18 Å². The highest BCUT2D eigenvalue weighted by atomic mass is 79.9. The number of aliphatic hydroxyl groups excluding tert-OH is 1. The van der Waals surface area contributed by atoms with Crippen LogP contribution in [0.3, 0.4) is 0 Å². The van der Waals surface area contributed by atoms with Crippen molar-refractivity contribution >= 4 is 15.9 Å². The third-order valence-corrected chi connectivity index (χ3v) is 3.37. The van der Waals surface area contributed by atoms with Crippen molar-refractivity contribution in [3.05, 3.63) is 39.0 Å². The van der Waals surface area contributed by atoms with E-state index in [2.05, 4.69) is 40.6 Å². The number of rotatable bonds is 5. The fourth-order valence-electron chi connectivity index (χ4n) is 1.81. The van der Waals surface area contributed by atoms with Gasteiger partial charge in [0.15, 0.2) is 0 Å². The van der Waals surface area contributed by atoms with Gasteiger partial charge in [-0.3, -0.25) is 4.52 Å². The van der Waals surface area contributed by atoms with Gasteiger partial charge in [0.1, 0.15) is 12.4 Å². The normalized spacial score (nSPS) is 10.9. The highest BCUT2D eigenvalue weighted by Gasteiger charge is 2.24. The van der Waals surface area contributed by atoms with Crippen LogP contribution in [0.15, 0.2) is 36.6 Å². The first-order valence-electron chi connectivity index (χ1n) is 6.22. The van der Waals surface area contributed by atoms with Gasteiger partial charge in [0.05, 0.1) is 16.8 Å². The molecule has 0 aliphatic heterocycles. The lowest BCUT2D eigenvalue weighted by molar-refractivity contribution is 0.187. The minimum absolute atomic E-state index is 0.00440. The number of ether oxygens (including phenoxy) is 1. The molecular formula is C12H8BrFN4O5. The molecule has 0 fully saturated rings. The summed E-state index contributed by atoms with van der Waals surface area (Å²) in [5.74, 6) is -1.41. The second-order valence-corrected chi connectivity index (χ2v) is 5.05. The third kappa shape index (κ3) is 2.87. The Kier molecular flexibility index (Phi) is 4.21. The van der Waals surface area contributed by atoms with Crippen LogP contribution in [0, 0.1) is 5.82 Å². The zero-order valence-corrected chi connectivity index (χ0v) is 12.9. The molecule has 0 atom stereocenters. The molecule has 0 saturated heterocycles. The van der Waals surface area contributed by atoms with Gasteiger partial charge < -0.3 is 9.84 Å². The van der Waals surface area contributed by atoms with Gasteiger partial charge in [-0.25, -0.2) is 18.4 Å². The van der Waals surface area contributed by atoms with E-state index in [-0.39, 0.29) is 40.8 Å². The molecular weight excluding hydrogens is 379 g/mol. The topological polar surface area (TPSA) is 116 Å². The summed E-state index contributed by atoms with van der Waals surface area (Å²) in [5, 5.41) is 19.5. The molecule has 1 N–H and O–H groups in total. The van der Waals surface area contributed by atoms with Gasteiger partial charge in [0, 0.05) is 0 Å². The van der Waals surface area contributed by atoms with Crippen molar-refractivity contribution in [3.8, 4) is 23.1 Å². The van der Waals surface area contributed by atoms with E-state index < -0.39 is 11.6 Å². The van der Waals surface area contributed by atoms with Crippen molar-refractivity contribution in [3.63, 3.8) is 0 Å². The molecule has 0 radical (unpaired) electrons. The Morgan fingerprint density at radius 1 is 1.35 bits per heavy atom. The predicted octanol–water partition coefficient (Wildman–Crippen LogP) is 1.15. The van der Waals surface area contributed by atoms with Crippen LogP contribution in [0.4, 0.5) is 4.39 Å². The molecule has 3 rings (SSSR count). The molecule has 23 heavy (non-hydrogen) atoms. The third-order valence-electron chi connectivity index (χ3n) is 2.77. The Labute approximate surface area is 135 Å². The van der Waals surface area contributed by atoms with Crippen LogP contribution in [0.5, 0.6) is 5.88 Å². The minimum Gasteiger partial charge on any atom is -0.471 e. The summed E-state index contributed by atoms with van der Waals surface area (Å²) in [6.45, 7) is -0.297. The highest BCUT2D eigenvalue weighted by Crippen LogP contribution is 2.27. The van der Waals surface area contributed by atoms with E-state index in [1.165, 1.54) is 18.2 Å². The fraction of sp³-hybridized carbons (Fsp3) is 0.167. The molecule has 2 aromatic heterocycles. The first-order chi connectivity index (χ1) is 11.1. The molecule has 3 aromatic rings. The van der Waals surface area contributed by atoms with Crippen molar-refractivity contribution in [2.75, 3.05) is 13.2 Å². The molecule has 120 valence electrons. The fourth-order valence-corrected chi connectivity index (χ4v) is 2.17. The van der Waals surface area contributed by atoms with Gasteiger partial charge in [-0.2, -0.15) is 0 Å². The highest BCUT2D eigenvalue weighted by molar-refractivity contribution is 9.10. The number of benzene rings is 1. The maximum Gasteiger partial charge on any atom is 0.446 e. The van der Waals surface area contributed by atoms with E-state index in [1.54, 1.807) is 0 Å².